The van der Waals surface area contributed by atoms with Crippen LogP contribution in [-0.4, -0.2) is 36.2 Å². The Bertz CT molecular complexity index is 254. The molecule has 0 radical (unpaired) electrons. The molecular weight excluding hydrogens is 207 g/mol. The molecule has 0 spiro atoms. The Morgan fingerprint density at radius 2 is 2.15 bits per heavy atom. The van der Waals surface area contributed by atoms with Crippen LogP contribution in [0.15, 0.2) is 0 Å². The van der Waals surface area contributed by atoms with Crippen LogP contribution in [-0.2, 0) is 14.9 Å². The minimum Gasteiger partial charge on any atom is -0.746 e. The normalized spacial score (nSPS) is 27.8. The van der Waals surface area contributed by atoms with Crippen molar-refractivity contribution in [1.82, 2.24) is 0 Å². The Hall–Kier alpha value is 0.830. The fourth-order valence-electron chi connectivity index (χ4n) is 1.16. The minimum absolute atomic E-state index is 0. The number of rotatable bonds is 2. The van der Waals surface area contributed by atoms with E-state index in [0.29, 0.717) is 13.0 Å². The molecule has 2 atom stereocenters. The Labute approximate surface area is 99.5 Å². The summed E-state index contributed by atoms with van der Waals surface area (Å²) in [6, 6.07) is 0. The Morgan fingerprint density at radius 1 is 1.62 bits per heavy atom. The van der Waals surface area contributed by atoms with Crippen LogP contribution in [0.25, 0.3) is 0 Å². The molecule has 0 aromatic rings. The molecule has 1 aliphatic rings. The van der Waals surface area contributed by atoms with Gasteiger partial charge in [-0.15, -0.1) is 0 Å². The topological polar surface area (TPSA) is 86.7 Å². The summed E-state index contributed by atoms with van der Waals surface area (Å²) in [6.07, 6.45) is 0.411. The molecule has 0 amide bonds. The Morgan fingerprint density at radius 3 is 2.46 bits per heavy atom. The van der Waals surface area contributed by atoms with Crippen LogP contribution >= 0.6 is 0 Å². The molecule has 72 valence electrons. The zero-order valence-electron chi connectivity index (χ0n) is 7.69. The van der Waals surface area contributed by atoms with E-state index in [2.05, 4.69) is 0 Å². The standard InChI is InChI=1S/C6H12O5S.Na/c1-6(7,12(8,9)10)5-2-3-11-4-5;/h5,7H,2-4H2,1H3,(H,8,9,10);/q;+1/p-1. The van der Waals surface area contributed by atoms with E-state index in [1.54, 1.807) is 0 Å². The van der Waals surface area contributed by atoms with Gasteiger partial charge in [-0.05, 0) is 13.3 Å². The van der Waals surface area contributed by atoms with Crippen molar-refractivity contribution in [3.8, 4) is 0 Å². The van der Waals surface area contributed by atoms with E-state index in [1.807, 2.05) is 0 Å². The Balaban J connectivity index is 0.00000144. The smallest absolute Gasteiger partial charge is 0.746 e. The van der Waals surface area contributed by atoms with Crippen molar-refractivity contribution in [3.05, 3.63) is 0 Å². The largest absolute Gasteiger partial charge is 1.00 e. The minimum atomic E-state index is -4.66. The molecule has 1 saturated heterocycles. The van der Waals surface area contributed by atoms with E-state index < -0.39 is 21.0 Å². The van der Waals surface area contributed by atoms with E-state index in [9.17, 15) is 18.1 Å². The van der Waals surface area contributed by atoms with Crippen molar-refractivity contribution in [2.45, 2.75) is 18.3 Å². The molecule has 0 saturated carbocycles. The second-order valence-electron chi connectivity index (χ2n) is 3.07. The predicted octanol–water partition coefficient (Wildman–Crippen LogP) is -3.72. The summed E-state index contributed by atoms with van der Waals surface area (Å²) in [5.41, 5.74) is 0. The van der Waals surface area contributed by atoms with Gasteiger partial charge in [0.05, 0.1) is 6.61 Å². The zero-order valence-corrected chi connectivity index (χ0v) is 10.5. The average molecular weight is 218 g/mol. The van der Waals surface area contributed by atoms with E-state index in [4.69, 9.17) is 4.74 Å². The average Bonchev–Trinajstić information content (AvgIpc) is 2.34. The quantitative estimate of drug-likeness (QED) is 0.380. The molecule has 1 aliphatic heterocycles. The molecule has 1 rings (SSSR count). The fraction of sp³-hybridized carbons (Fsp3) is 1.00. The van der Waals surface area contributed by atoms with Gasteiger partial charge in [-0.1, -0.05) is 0 Å². The summed E-state index contributed by atoms with van der Waals surface area (Å²) in [4.78, 5) is -2.19. The van der Waals surface area contributed by atoms with Gasteiger partial charge >= 0.3 is 29.6 Å². The molecule has 1 heterocycles. The van der Waals surface area contributed by atoms with Gasteiger partial charge in [0.1, 0.15) is 10.1 Å². The van der Waals surface area contributed by atoms with Crippen LogP contribution in [0.1, 0.15) is 13.3 Å². The first-order valence-corrected chi connectivity index (χ1v) is 5.02. The van der Waals surface area contributed by atoms with Gasteiger partial charge in [-0.3, -0.25) is 0 Å². The van der Waals surface area contributed by atoms with Crippen molar-refractivity contribution in [3.63, 3.8) is 0 Å². The van der Waals surface area contributed by atoms with E-state index in [-0.39, 0.29) is 36.2 Å². The van der Waals surface area contributed by atoms with Gasteiger partial charge in [0.15, 0.2) is 4.93 Å². The molecule has 0 aromatic heterocycles. The summed E-state index contributed by atoms with van der Waals surface area (Å²) in [6.45, 7) is 1.56. The van der Waals surface area contributed by atoms with Crippen LogP contribution in [0.4, 0.5) is 0 Å². The first kappa shape index (κ1) is 13.8. The summed E-state index contributed by atoms with van der Waals surface area (Å²) in [7, 11) is -4.66. The first-order valence-electron chi connectivity index (χ1n) is 3.61. The second kappa shape index (κ2) is 4.57. The number of aliphatic hydroxyl groups is 1. The molecular formula is C6H11NaO5S. The Kier molecular flexibility index (Phi) is 4.86. The maximum atomic E-state index is 10.6. The van der Waals surface area contributed by atoms with Crippen molar-refractivity contribution < 1.29 is 52.4 Å². The molecule has 1 N–H and O–H groups in total. The van der Waals surface area contributed by atoms with Crippen LogP contribution in [0.3, 0.4) is 0 Å². The van der Waals surface area contributed by atoms with Gasteiger partial charge in [-0.25, -0.2) is 8.42 Å². The molecule has 2 unspecified atom stereocenters. The summed E-state index contributed by atoms with van der Waals surface area (Å²) in [5.74, 6) is -0.597. The first-order chi connectivity index (χ1) is 5.36. The molecule has 13 heavy (non-hydrogen) atoms. The van der Waals surface area contributed by atoms with Crippen LogP contribution < -0.4 is 29.6 Å². The summed E-state index contributed by atoms with van der Waals surface area (Å²) in [5, 5.41) is 9.37. The van der Waals surface area contributed by atoms with E-state index in [1.165, 1.54) is 0 Å². The van der Waals surface area contributed by atoms with Crippen LogP contribution in [0.5, 0.6) is 0 Å². The number of ether oxygens (including phenoxy) is 1. The third-order valence-corrected chi connectivity index (χ3v) is 3.54. The van der Waals surface area contributed by atoms with Crippen LogP contribution in [0, 0.1) is 5.92 Å². The van der Waals surface area contributed by atoms with Gasteiger partial charge in [0.25, 0.3) is 0 Å². The number of hydrogen-bond acceptors (Lipinski definition) is 5. The van der Waals surface area contributed by atoms with Crippen molar-refractivity contribution in [2.24, 2.45) is 5.92 Å². The van der Waals surface area contributed by atoms with E-state index in [0.717, 1.165) is 6.92 Å². The molecule has 5 nitrogen and oxygen atoms in total. The molecule has 0 bridgehead atoms. The predicted molar refractivity (Wildman–Crippen MR) is 39.2 cm³/mol. The maximum absolute atomic E-state index is 10.6. The third-order valence-electron chi connectivity index (χ3n) is 2.19. The summed E-state index contributed by atoms with van der Waals surface area (Å²) >= 11 is 0. The second-order valence-corrected chi connectivity index (χ2v) is 4.80. The van der Waals surface area contributed by atoms with Gasteiger partial charge in [-0.2, -0.15) is 0 Å². The molecule has 0 aliphatic carbocycles. The number of hydrogen-bond donors (Lipinski definition) is 1. The third kappa shape index (κ3) is 2.89. The SMILES string of the molecule is CC(O)(C1CCOC1)S(=O)(=O)[O-].[Na+]. The zero-order chi connectivity index (χ0) is 9.41. The fourth-order valence-corrected chi connectivity index (χ4v) is 1.76. The van der Waals surface area contributed by atoms with Crippen LogP contribution in [0.2, 0.25) is 0 Å². The van der Waals surface area contributed by atoms with Gasteiger partial charge < -0.3 is 14.4 Å². The van der Waals surface area contributed by atoms with Crippen molar-refractivity contribution in [1.29, 1.82) is 0 Å². The van der Waals surface area contributed by atoms with Crippen molar-refractivity contribution >= 4 is 10.1 Å². The molecule has 1 fully saturated rings. The monoisotopic (exact) mass is 218 g/mol. The van der Waals surface area contributed by atoms with Gasteiger partial charge in [0, 0.05) is 12.5 Å². The van der Waals surface area contributed by atoms with E-state index >= 15 is 0 Å². The maximum Gasteiger partial charge on any atom is 1.00 e. The van der Waals surface area contributed by atoms with Crippen molar-refractivity contribution in [2.75, 3.05) is 13.2 Å². The summed E-state index contributed by atoms with van der Waals surface area (Å²) < 4.78 is 36.6. The van der Waals surface area contributed by atoms with Gasteiger partial charge in [0.2, 0.25) is 0 Å². The molecule has 0 aromatic carbocycles. The molecule has 7 heteroatoms.